The Balaban J connectivity index is 1.85. The fraction of sp³-hybridized carbons (Fsp3) is 0.111. The minimum absolute atomic E-state index is 0.307. The molecule has 0 bridgehead atoms. The molecular weight excluding hydrogens is 324 g/mol. The highest BCUT2D eigenvalue weighted by Crippen LogP contribution is 2.25. The second kappa shape index (κ2) is 6.84. The van der Waals surface area contributed by atoms with Crippen LogP contribution in [0.2, 0.25) is 0 Å². The van der Waals surface area contributed by atoms with Gasteiger partial charge < -0.3 is 14.0 Å². The van der Waals surface area contributed by atoms with E-state index in [1.54, 1.807) is 55.5 Å². The van der Waals surface area contributed by atoms with Crippen LogP contribution < -0.4 is 0 Å². The third-order valence-corrected chi connectivity index (χ3v) is 3.44. The van der Waals surface area contributed by atoms with Crippen LogP contribution in [0, 0.1) is 11.3 Å². The number of hydrogen-bond donors (Lipinski definition) is 0. The lowest BCUT2D eigenvalue weighted by Crippen LogP contribution is -2.05. The van der Waals surface area contributed by atoms with Crippen LogP contribution in [-0.4, -0.2) is 24.3 Å². The molecule has 0 saturated carbocycles. The topological polar surface area (TPSA) is 102 Å². The summed E-state index contributed by atoms with van der Waals surface area (Å²) in [6.07, 6.45) is 1.54. The number of ether oxygens (including phenoxy) is 1. The van der Waals surface area contributed by atoms with Crippen LogP contribution in [0.3, 0.4) is 0 Å². The summed E-state index contributed by atoms with van der Waals surface area (Å²) in [6, 6.07) is 11.8. The van der Waals surface area contributed by atoms with E-state index >= 15 is 0 Å². The lowest BCUT2D eigenvalue weighted by Gasteiger charge is -2.02. The highest BCUT2D eigenvalue weighted by Gasteiger charge is 2.22. The zero-order valence-electron chi connectivity index (χ0n) is 13.2. The standard InChI is InChI=1S/C18H12N2O5/c1-11-15(18(22)25-20-11)10-14-5-6-16(24-14)12-3-2-4-13(9-12)17(21)23-8-7-19/h2-6,9-10H,8H2,1H3/b15-10-. The highest BCUT2D eigenvalue weighted by molar-refractivity contribution is 6.24. The number of hydrogen-bond acceptors (Lipinski definition) is 7. The molecular formula is C18H12N2O5. The number of nitrogens with zero attached hydrogens (tertiary/aromatic N) is 2. The summed E-state index contributed by atoms with van der Waals surface area (Å²) < 4.78 is 10.5. The zero-order chi connectivity index (χ0) is 17.8. The molecule has 1 aliphatic rings. The van der Waals surface area contributed by atoms with E-state index in [9.17, 15) is 9.59 Å². The molecule has 124 valence electrons. The van der Waals surface area contributed by atoms with E-state index in [2.05, 4.69) is 9.99 Å². The molecule has 25 heavy (non-hydrogen) atoms. The largest absolute Gasteiger partial charge is 0.457 e. The average molecular weight is 336 g/mol. The molecule has 0 aliphatic carbocycles. The van der Waals surface area contributed by atoms with Crippen molar-refractivity contribution >= 4 is 23.7 Å². The minimum Gasteiger partial charge on any atom is -0.457 e. The molecule has 7 nitrogen and oxygen atoms in total. The average Bonchev–Trinajstić information content (AvgIpc) is 3.22. The van der Waals surface area contributed by atoms with Crippen LogP contribution in [0.1, 0.15) is 23.0 Å². The van der Waals surface area contributed by atoms with E-state index in [0.717, 1.165) is 0 Å². The van der Waals surface area contributed by atoms with Gasteiger partial charge in [0.25, 0.3) is 0 Å². The van der Waals surface area contributed by atoms with Gasteiger partial charge in [0.1, 0.15) is 17.6 Å². The number of benzene rings is 1. The van der Waals surface area contributed by atoms with E-state index in [-0.39, 0.29) is 6.61 Å². The number of nitriles is 1. The molecule has 0 unspecified atom stereocenters. The third-order valence-electron chi connectivity index (χ3n) is 3.44. The maximum Gasteiger partial charge on any atom is 0.367 e. The van der Waals surface area contributed by atoms with Crippen molar-refractivity contribution in [2.45, 2.75) is 6.92 Å². The summed E-state index contributed by atoms with van der Waals surface area (Å²) >= 11 is 0. The molecule has 0 N–H and O–H groups in total. The van der Waals surface area contributed by atoms with Crippen molar-refractivity contribution < 1.29 is 23.6 Å². The Morgan fingerprint density at radius 3 is 2.92 bits per heavy atom. The summed E-state index contributed by atoms with van der Waals surface area (Å²) in [5, 5.41) is 12.1. The Labute approximate surface area is 142 Å². The van der Waals surface area contributed by atoms with Crippen LogP contribution >= 0.6 is 0 Å². The quantitative estimate of drug-likeness (QED) is 0.483. The molecule has 2 aromatic rings. The van der Waals surface area contributed by atoms with Crippen molar-refractivity contribution in [3.63, 3.8) is 0 Å². The van der Waals surface area contributed by atoms with Crippen LogP contribution in [-0.2, 0) is 14.4 Å². The van der Waals surface area contributed by atoms with E-state index in [0.29, 0.717) is 33.9 Å². The first-order chi connectivity index (χ1) is 12.1. The molecule has 1 aliphatic heterocycles. The van der Waals surface area contributed by atoms with Gasteiger partial charge in [-0.05, 0) is 37.3 Å². The highest BCUT2D eigenvalue weighted by atomic mass is 16.7. The monoisotopic (exact) mass is 336 g/mol. The van der Waals surface area contributed by atoms with Crippen molar-refractivity contribution in [2.24, 2.45) is 5.16 Å². The third kappa shape index (κ3) is 3.48. The predicted molar refractivity (Wildman–Crippen MR) is 87.2 cm³/mol. The second-order valence-corrected chi connectivity index (χ2v) is 5.13. The van der Waals surface area contributed by atoms with Crippen LogP contribution in [0.4, 0.5) is 0 Å². The van der Waals surface area contributed by atoms with Crippen molar-refractivity contribution in [2.75, 3.05) is 6.61 Å². The fourth-order valence-electron chi connectivity index (χ4n) is 2.23. The molecule has 0 saturated heterocycles. The Morgan fingerprint density at radius 2 is 2.20 bits per heavy atom. The number of carbonyl (C=O) groups excluding carboxylic acids is 2. The lowest BCUT2D eigenvalue weighted by atomic mass is 10.1. The summed E-state index contributed by atoms with van der Waals surface area (Å²) in [5.74, 6) is -0.144. The Kier molecular flexibility index (Phi) is 4.44. The SMILES string of the molecule is CC1=NOC(=O)/C1=C\c1ccc(-c2cccc(C(=O)OCC#N)c2)o1. The van der Waals surface area contributed by atoms with Crippen LogP contribution in [0.15, 0.2) is 51.5 Å². The van der Waals surface area contributed by atoms with Crippen molar-refractivity contribution in [3.05, 3.63) is 53.3 Å². The molecule has 0 radical (unpaired) electrons. The summed E-state index contributed by atoms with van der Waals surface area (Å²) in [7, 11) is 0. The van der Waals surface area contributed by atoms with Gasteiger partial charge in [0.2, 0.25) is 0 Å². The smallest absolute Gasteiger partial charge is 0.367 e. The summed E-state index contributed by atoms with van der Waals surface area (Å²) in [4.78, 5) is 27.9. The Bertz CT molecular complexity index is 946. The van der Waals surface area contributed by atoms with Crippen molar-refractivity contribution in [3.8, 4) is 17.4 Å². The Hall–Kier alpha value is -3.66. The van der Waals surface area contributed by atoms with Gasteiger partial charge in [-0.1, -0.05) is 17.3 Å². The number of rotatable bonds is 4. The van der Waals surface area contributed by atoms with Gasteiger partial charge in [-0.25, -0.2) is 9.59 Å². The van der Waals surface area contributed by atoms with Crippen LogP contribution in [0.5, 0.6) is 0 Å². The van der Waals surface area contributed by atoms with Gasteiger partial charge in [0.05, 0.1) is 16.8 Å². The Morgan fingerprint density at radius 1 is 1.36 bits per heavy atom. The molecule has 3 rings (SSSR count). The van der Waals surface area contributed by atoms with E-state index in [1.165, 1.54) is 0 Å². The molecule has 0 fully saturated rings. The van der Waals surface area contributed by atoms with E-state index in [1.807, 2.05) is 0 Å². The van der Waals surface area contributed by atoms with Gasteiger partial charge in [-0.3, -0.25) is 0 Å². The lowest BCUT2D eigenvalue weighted by molar-refractivity contribution is -0.136. The minimum atomic E-state index is -0.585. The molecule has 0 amide bonds. The van der Waals surface area contributed by atoms with Crippen LogP contribution in [0.25, 0.3) is 17.4 Å². The first-order valence-corrected chi connectivity index (χ1v) is 7.31. The molecule has 2 heterocycles. The predicted octanol–water partition coefficient (Wildman–Crippen LogP) is 2.94. The first kappa shape index (κ1) is 16.2. The summed E-state index contributed by atoms with van der Waals surface area (Å²) in [5.41, 5.74) is 1.78. The van der Waals surface area contributed by atoms with Gasteiger partial charge in [-0.2, -0.15) is 5.26 Å². The normalized spacial score (nSPS) is 14.8. The first-order valence-electron chi connectivity index (χ1n) is 7.31. The van der Waals surface area contributed by atoms with Gasteiger partial charge in [-0.15, -0.1) is 0 Å². The van der Waals surface area contributed by atoms with Gasteiger partial charge >= 0.3 is 11.9 Å². The molecule has 0 spiro atoms. The number of esters is 1. The van der Waals surface area contributed by atoms with Crippen molar-refractivity contribution in [1.82, 2.24) is 0 Å². The fourth-order valence-corrected chi connectivity index (χ4v) is 2.23. The molecule has 1 aromatic carbocycles. The number of carbonyl (C=O) groups is 2. The second-order valence-electron chi connectivity index (χ2n) is 5.13. The van der Waals surface area contributed by atoms with E-state index < -0.39 is 11.9 Å². The molecule has 1 aromatic heterocycles. The number of furan rings is 1. The van der Waals surface area contributed by atoms with Gasteiger partial charge in [0.15, 0.2) is 6.61 Å². The van der Waals surface area contributed by atoms with Crippen molar-refractivity contribution in [1.29, 1.82) is 5.26 Å². The molecule has 0 atom stereocenters. The zero-order valence-corrected chi connectivity index (χ0v) is 13.2. The summed E-state index contributed by atoms with van der Waals surface area (Å²) in [6.45, 7) is 1.36. The number of oxime groups is 1. The molecule has 7 heteroatoms. The van der Waals surface area contributed by atoms with Gasteiger partial charge in [0, 0.05) is 5.56 Å². The maximum atomic E-state index is 11.8. The van der Waals surface area contributed by atoms with E-state index in [4.69, 9.17) is 14.4 Å². The maximum absolute atomic E-state index is 11.8.